The standard InChI is InChI=1S/C18H37N5O.HI/c1-7-22(8-2)13-16-9-10-23(14-16)18(19-11-15(3)4)20-12-17(24)21(5)6;/h15-16H,7-14H2,1-6H3,(H,19,20);1H. The molecule has 1 unspecified atom stereocenters. The van der Waals surface area contributed by atoms with Crippen molar-refractivity contribution in [1.29, 1.82) is 0 Å². The molecule has 7 heteroatoms. The molecule has 0 spiro atoms. The molecule has 1 heterocycles. The first-order valence-corrected chi connectivity index (χ1v) is 9.33. The van der Waals surface area contributed by atoms with Crippen LogP contribution < -0.4 is 5.32 Å². The van der Waals surface area contributed by atoms with Crippen LogP contribution in [0.5, 0.6) is 0 Å². The highest BCUT2D eigenvalue weighted by Gasteiger charge is 2.26. The molecule has 6 nitrogen and oxygen atoms in total. The van der Waals surface area contributed by atoms with Gasteiger partial charge in [-0.15, -0.1) is 24.0 Å². The van der Waals surface area contributed by atoms with E-state index in [2.05, 4.69) is 47.8 Å². The molecule has 1 rings (SSSR count). The van der Waals surface area contributed by atoms with Crippen molar-refractivity contribution in [2.75, 3.05) is 59.9 Å². The number of likely N-dealkylation sites (N-methyl/N-ethyl adjacent to an activating group) is 1. The topological polar surface area (TPSA) is 51.2 Å². The van der Waals surface area contributed by atoms with E-state index in [1.165, 1.54) is 6.42 Å². The molecule has 0 aromatic rings. The summed E-state index contributed by atoms with van der Waals surface area (Å²) in [6.07, 6.45) is 1.19. The van der Waals surface area contributed by atoms with Crippen LogP contribution in [0.1, 0.15) is 34.1 Å². The van der Waals surface area contributed by atoms with Gasteiger partial charge in [0, 0.05) is 40.3 Å². The zero-order valence-corrected chi connectivity index (χ0v) is 19.2. The number of hydrogen-bond acceptors (Lipinski definition) is 3. The number of nitrogens with zero attached hydrogens (tertiary/aromatic N) is 4. The number of carbonyl (C=O) groups is 1. The summed E-state index contributed by atoms with van der Waals surface area (Å²) in [5.74, 6) is 2.16. The Bertz CT molecular complexity index is 410. The number of hydrogen-bond donors (Lipinski definition) is 1. The quantitative estimate of drug-likeness (QED) is 0.337. The molecule has 1 saturated heterocycles. The van der Waals surface area contributed by atoms with Gasteiger partial charge in [-0.1, -0.05) is 27.7 Å². The minimum Gasteiger partial charge on any atom is -0.356 e. The molecule has 0 saturated carbocycles. The molecule has 1 fully saturated rings. The van der Waals surface area contributed by atoms with Crippen molar-refractivity contribution in [3.8, 4) is 0 Å². The van der Waals surface area contributed by atoms with E-state index in [9.17, 15) is 4.79 Å². The maximum absolute atomic E-state index is 11.9. The summed E-state index contributed by atoms with van der Waals surface area (Å²) in [6.45, 7) is 15.3. The monoisotopic (exact) mass is 467 g/mol. The molecule has 0 bridgehead atoms. The lowest BCUT2D eigenvalue weighted by atomic mass is 10.1. The second-order valence-corrected chi connectivity index (χ2v) is 7.29. The number of carbonyl (C=O) groups excluding carboxylic acids is 1. The van der Waals surface area contributed by atoms with Gasteiger partial charge in [-0.2, -0.15) is 0 Å². The van der Waals surface area contributed by atoms with Crippen LogP contribution in [-0.2, 0) is 4.79 Å². The Kier molecular flexibility index (Phi) is 12.4. The van der Waals surface area contributed by atoms with E-state index in [-0.39, 0.29) is 36.4 Å². The van der Waals surface area contributed by atoms with E-state index < -0.39 is 0 Å². The lowest BCUT2D eigenvalue weighted by molar-refractivity contribution is -0.127. The Balaban J connectivity index is 0.00000576. The lowest BCUT2D eigenvalue weighted by Crippen LogP contribution is -2.43. The SMILES string of the molecule is CCN(CC)CC1CCN(C(=NCC(=O)N(C)C)NCC(C)C)C1.I. The van der Waals surface area contributed by atoms with Crippen molar-refractivity contribution in [2.45, 2.75) is 34.1 Å². The number of aliphatic imine (C=N–C) groups is 1. The van der Waals surface area contributed by atoms with E-state index in [1.54, 1.807) is 19.0 Å². The Morgan fingerprint density at radius 1 is 1.28 bits per heavy atom. The van der Waals surface area contributed by atoms with Gasteiger partial charge >= 0.3 is 0 Å². The number of likely N-dealkylation sites (tertiary alicyclic amines) is 1. The largest absolute Gasteiger partial charge is 0.356 e. The second kappa shape index (κ2) is 12.7. The molecule has 0 aromatic heterocycles. The molecular weight excluding hydrogens is 429 g/mol. The summed E-state index contributed by atoms with van der Waals surface area (Å²) in [5, 5.41) is 3.45. The van der Waals surface area contributed by atoms with Crippen molar-refractivity contribution in [2.24, 2.45) is 16.8 Å². The number of amides is 1. The average Bonchev–Trinajstić information content (AvgIpc) is 3.00. The molecule has 0 radical (unpaired) electrons. The van der Waals surface area contributed by atoms with E-state index in [4.69, 9.17) is 0 Å². The fourth-order valence-electron chi connectivity index (χ4n) is 2.87. The smallest absolute Gasteiger partial charge is 0.243 e. The van der Waals surface area contributed by atoms with Gasteiger partial charge in [0.2, 0.25) is 5.91 Å². The van der Waals surface area contributed by atoms with Crippen molar-refractivity contribution in [3.63, 3.8) is 0 Å². The third-order valence-electron chi connectivity index (χ3n) is 4.53. The van der Waals surface area contributed by atoms with E-state index >= 15 is 0 Å². The van der Waals surface area contributed by atoms with Gasteiger partial charge in [0.25, 0.3) is 0 Å². The molecule has 0 aliphatic carbocycles. The summed E-state index contributed by atoms with van der Waals surface area (Å²) in [5.41, 5.74) is 0. The van der Waals surface area contributed by atoms with Crippen LogP contribution in [0.4, 0.5) is 0 Å². The summed E-state index contributed by atoms with van der Waals surface area (Å²) >= 11 is 0. The van der Waals surface area contributed by atoms with Crippen molar-refractivity contribution >= 4 is 35.8 Å². The number of guanidine groups is 1. The molecule has 25 heavy (non-hydrogen) atoms. The van der Waals surface area contributed by atoms with Crippen molar-refractivity contribution < 1.29 is 4.79 Å². The normalized spacial score (nSPS) is 17.8. The van der Waals surface area contributed by atoms with Gasteiger partial charge in [-0.05, 0) is 31.3 Å². The predicted molar refractivity (Wildman–Crippen MR) is 117 cm³/mol. The first-order chi connectivity index (χ1) is 11.4. The molecular formula is C18H38IN5O. The summed E-state index contributed by atoms with van der Waals surface area (Å²) in [6, 6.07) is 0. The third kappa shape index (κ3) is 9.08. The third-order valence-corrected chi connectivity index (χ3v) is 4.53. The van der Waals surface area contributed by atoms with Crippen molar-refractivity contribution in [1.82, 2.24) is 20.0 Å². The second-order valence-electron chi connectivity index (χ2n) is 7.29. The van der Waals surface area contributed by atoms with Crippen molar-refractivity contribution in [3.05, 3.63) is 0 Å². The molecule has 148 valence electrons. The maximum Gasteiger partial charge on any atom is 0.243 e. The highest BCUT2D eigenvalue weighted by molar-refractivity contribution is 14.0. The Morgan fingerprint density at radius 3 is 2.44 bits per heavy atom. The molecule has 1 amide bonds. The summed E-state index contributed by atoms with van der Waals surface area (Å²) < 4.78 is 0. The molecule has 1 N–H and O–H groups in total. The highest BCUT2D eigenvalue weighted by atomic mass is 127. The highest BCUT2D eigenvalue weighted by Crippen LogP contribution is 2.17. The predicted octanol–water partition coefficient (Wildman–Crippen LogP) is 1.96. The van der Waals surface area contributed by atoms with Gasteiger partial charge in [0.1, 0.15) is 6.54 Å². The Labute approximate surface area is 171 Å². The van der Waals surface area contributed by atoms with Crippen LogP contribution in [0.2, 0.25) is 0 Å². The van der Waals surface area contributed by atoms with Gasteiger partial charge in [-0.25, -0.2) is 4.99 Å². The molecule has 0 aromatic carbocycles. The zero-order valence-electron chi connectivity index (χ0n) is 16.9. The number of halogens is 1. The van der Waals surface area contributed by atoms with Crippen LogP contribution in [-0.4, -0.2) is 86.5 Å². The van der Waals surface area contributed by atoms with Gasteiger partial charge in [0.05, 0.1) is 0 Å². The van der Waals surface area contributed by atoms with Gasteiger partial charge in [0.15, 0.2) is 5.96 Å². The van der Waals surface area contributed by atoms with Crippen LogP contribution in [0.3, 0.4) is 0 Å². The fraction of sp³-hybridized carbons (Fsp3) is 0.889. The lowest BCUT2D eigenvalue weighted by Gasteiger charge is -2.25. The summed E-state index contributed by atoms with van der Waals surface area (Å²) in [4.78, 5) is 22.8. The average molecular weight is 467 g/mol. The van der Waals surface area contributed by atoms with E-state index in [1.807, 2.05) is 0 Å². The van der Waals surface area contributed by atoms with Gasteiger partial charge < -0.3 is 20.0 Å². The molecule has 1 aliphatic heterocycles. The van der Waals surface area contributed by atoms with Crippen LogP contribution in [0.15, 0.2) is 4.99 Å². The van der Waals surface area contributed by atoms with Crippen LogP contribution in [0, 0.1) is 11.8 Å². The van der Waals surface area contributed by atoms with Crippen LogP contribution >= 0.6 is 24.0 Å². The van der Waals surface area contributed by atoms with Crippen LogP contribution in [0.25, 0.3) is 0 Å². The Morgan fingerprint density at radius 2 is 1.92 bits per heavy atom. The zero-order chi connectivity index (χ0) is 18.1. The van der Waals surface area contributed by atoms with E-state index in [0.29, 0.717) is 11.8 Å². The minimum atomic E-state index is 0. The Hall–Kier alpha value is -0.570. The van der Waals surface area contributed by atoms with Gasteiger partial charge in [-0.3, -0.25) is 4.79 Å². The van der Waals surface area contributed by atoms with E-state index in [0.717, 1.165) is 45.2 Å². The minimum absolute atomic E-state index is 0. The first-order valence-electron chi connectivity index (χ1n) is 9.33. The number of rotatable bonds is 8. The fourth-order valence-corrected chi connectivity index (χ4v) is 2.87. The first kappa shape index (κ1) is 24.4. The molecule has 1 atom stereocenters. The summed E-state index contributed by atoms with van der Waals surface area (Å²) in [7, 11) is 3.55. The maximum atomic E-state index is 11.9. The number of nitrogens with one attached hydrogen (secondary N) is 1. The molecule has 1 aliphatic rings.